The van der Waals surface area contributed by atoms with Crippen LogP contribution in [0.5, 0.6) is 0 Å². The molecule has 0 amide bonds. The van der Waals surface area contributed by atoms with Gasteiger partial charge in [-0.25, -0.2) is 0 Å². The number of hydrogen-bond donors (Lipinski definition) is 1. The summed E-state index contributed by atoms with van der Waals surface area (Å²) < 4.78 is 0. The first-order chi connectivity index (χ1) is 10.3. The third kappa shape index (κ3) is 3.13. The Morgan fingerprint density at radius 1 is 1.24 bits per heavy atom. The van der Waals surface area contributed by atoms with E-state index in [0.29, 0.717) is 6.54 Å². The fraction of sp³-hybridized carbons (Fsp3) is 0.235. The lowest BCUT2D eigenvalue weighted by Crippen LogP contribution is -2.29. The third-order valence-corrected chi connectivity index (χ3v) is 4.61. The Labute approximate surface area is 129 Å². The molecular weight excluding hydrogens is 278 g/mol. The van der Waals surface area contributed by atoms with Crippen molar-refractivity contribution >= 4 is 22.2 Å². The van der Waals surface area contributed by atoms with Crippen LogP contribution in [0, 0.1) is 0 Å². The average molecular weight is 297 g/mol. The number of nitrogens with zero attached hydrogens (tertiary/aromatic N) is 2. The van der Waals surface area contributed by atoms with Crippen molar-refractivity contribution in [2.45, 2.75) is 12.6 Å². The lowest BCUT2D eigenvalue weighted by Gasteiger charge is -2.27. The van der Waals surface area contributed by atoms with Gasteiger partial charge in [0.2, 0.25) is 0 Å². The van der Waals surface area contributed by atoms with Crippen molar-refractivity contribution in [3.63, 3.8) is 0 Å². The molecule has 1 aromatic carbocycles. The number of benzene rings is 1. The Bertz CT molecular complexity index is 709. The molecule has 1 unspecified atom stereocenters. The van der Waals surface area contributed by atoms with E-state index in [0.717, 1.165) is 17.4 Å². The van der Waals surface area contributed by atoms with E-state index in [9.17, 15) is 0 Å². The van der Waals surface area contributed by atoms with Gasteiger partial charge < -0.3 is 5.73 Å². The van der Waals surface area contributed by atoms with E-state index >= 15 is 0 Å². The second kappa shape index (κ2) is 6.35. The molecule has 0 saturated carbocycles. The predicted octanol–water partition coefficient (Wildman–Crippen LogP) is 3.43. The molecule has 3 aromatic rings. The van der Waals surface area contributed by atoms with Crippen molar-refractivity contribution in [1.29, 1.82) is 0 Å². The first-order valence-electron chi connectivity index (χ1n) is 7.05. The van der Waals surface area contributed by atoms with Gasteiger partial charge in [-0.05, 0) is 42.3 Å². The maximum absolute atomic E-state index is 6.02. The summed E-state index contributed by atoms with van der Waals surface area (Å²) in [5, 5.41) is 3.28. The van der Waals surface area contributed by atoms with Gasteiger partial charge in [-0.3, -0.25) is 9.88 Å². The summed E-state index contributed by atoms with van der Waals surface area (Å²) in [7, 11) is 2.13. The molecule has 3 rings (SSSR count). The molecule has 0 bridgehead atoms. The lowest BCUT2D eigenvalue weighted by molar-refractivity contribution is 0.244. The highest BCUT2D eigenvalue weighted by Crippen LogP contribution is 2.24. The van der Waals surface area contributed by atoms with E-state index in [1.807, 2.05) is 12.3 Å². The van der Waals surface area contributed by atoms with Gasteiger partial charge in [0.05, 0.1) is 5.52 Å². The maximum Gasteiger partial charge on any atom is 0.0702 e. The summed E-state index contributed by atoms with van der Waals surface area (Å²) in [4.78, 5) is 8.04. The lowest BCUT2D eigenvalue weighted by atomic mass is 10.0. The van der Waals surface area contributed by atoms with Gasteiger partial charge >= 0.3 is 0 Å². The monoisotopic (exact) mass is 297 g/mol. The molecule has 0 radical (unpaired) electrons. The van der Waals surface area contributed by atoms with Crippen LogP contribution in [-0.2, 0) is 6.54 Å². The van der Waals surface area contributed by atoms with Gasteiger partial charge in [0.1, 0.15) is 0 Å². The molecule has 0 fully saturated rings. The first-order valence-corrected chi connectivity index (χ1v) is 7.93. The van der Waals surface area contributed by atoms with Crippen LogP contribution in [0.1, 0.15) is 16.5 Å². The molecule has 2 aromatic heterocycles. The molecule has 0 aliphatic carbocycles. The number of fused-ring (bicyclic) bond motifs is 1. The quantitative estimate of drug-likeness (QED) is 0.784. The SMILES string of the molecule is CN(Cc1cccs1)C(CN)c1ccc2ncccc2c1. The molecule has 0 aliphatic rings. The summed E-state index contributed by atoms with van der Waals surface area (Å²) in [6, 6.07) is 15.0. The largest absolute Gasteiger partial charge is 0.329 e. The van der Waals surface area contributed by atoms with E-state index in [4.69, 9.17) is 5.73 Å². The highest BCUT2D eigenvalue weighted by Gasteiger charge is 2.16. The Morgan fingerprint density at radius 2 is 2.14 bits per heavy atom. The summed E-state index contributed by atoms with van der Waals surface area (Å²) in [6.07, 6.45) is 1.82. The van der Waals surface area contributed by atoms with Gasteiger partial charge in [0, 0.05) is 35.6 Å². The van der Waals surface area contributed by atoms with Crippen LogP contribution in [0.25, 0.3) is 10.9 Å². The first kappa shape index (κ1) is 14.2. The highest BCUT2D eigenvalue weighted by molar-refractivity contribution is 7.09. The zero-order chi connectivity index (χ0) is 14.7. The van der Waals surface area contributed by atoms with Crippen LogP contribution in [0.4, 0.5) is 0 Å². The van der Waals surface area contributed by atoms with Crippen LogP contribution in [0.2, 0.25) is 0 Å². The van der Waals surface area contributed by atoms with Crippen LogP contribution in [-0.4, -0.2) is 23.5 Å². The summed E-state index contributed by atoms with van der Waals surface area (Å²) in [6.45, 7) is 1.53. The number of thiophene rings is 1. The number of pyridine rings is 1. The molecule has 108 valence electrons. The second-order valence-corrected chi connectivity index (χ2v) is 6.23. The van der Waals surface area contributed by atoms with Gasteiger partial charge in [-0.15, -0.1) is 11.3 Å². The Kier molecular flexibility index (Phi) is 4.29. The minimum Gasteiger partial charge on any atom is -0.329 e. The van der Waals surface area contributed by atoms with Crippen molar-refractivity contribution in [2.75, 3.05) is 13.6 Å². The molecule has 3 nitrogen and oxygen atoms in total. The van der Waals surface area contributed by atoms with Gasteiger partial charge in [-0.2, -0.15) is 0 Å². The van der Waals surface area contributed by atoms with Crippen molar-refractivity contribution in [2.24, 2.45) is 5.73 Å². The number of hydrogen-bond acceptors (Lipinski definition) is 4. The zero-order valence-corrected chi connectivity index (χ0v) is 12.9. The summed E-state index contributed by atoms with van der Waals surface area (Å²) in [5.74, 6) is 0. The molecule has 0 saturated heterocycles. The number of rotatable bonds is 5. The van der Waals surface area contributed by atoms with E-state index in [1.54, 1.807) is 11.3 Å². The van der Waals surface area contributed by atoms with Crippen LogP contribution in [0.15, 0.2) is 54.0 Å². The maximum atomic E-state index is 6.02. The molecule has 0 aliphatic heterocycles. The van der Waals surface area contributed by atoms with Crippen LogP contribution < -0.4 is 5.73 Å². The van der Waals surface area contributed by atoms with Crippen molar-refractivity contribution in [3.05, 3.63) is 64.5 Å². The smallest absolute Gasteiger partial charge is 0.0702 e. The standard InChI is InChI=1S/C17H19N3S/c1-20(12-15-5-3-9-21-15)17(11-18)14-6-7-16-13(10-14)4-2-8-19-16/h2-10,17H,11-12,18H2,1H3. The van der Waals surface area contributed by atoms with Gasteiger partial charge in [-0.1, -0.05) is 18.2 Å². The Morgan fingerprint density at radius 3 is 2.90 bits per heavy atom. The second-order valence-electron chi connectivity index (χ2n) is 5.20. The van der Waals surface area contributed by atoms with Gasteiger partial charge in [0.15, 0.2) is 0 Å². The summed E-state index contributed by atoms with van der Waals surface area (Å²) in [5.41, 5.74) is 8.30. The minimum atomic E-state index is 0.219. The predicted molar refractivity (Wildman–Crippen MR) is 89.3 cm³/mol. The van der Waals surface area contributed by atoms with E-state index in [-0.39, 0.29) is 6.04 Å². The van der Waals surface area contributed by atoms with Crippen LogP contribution >= 0.6 is 11.3 Å². The van der Waals surface area contributed by atoms with Crippen molar-refractivity contribution in [1.82, 2.24) is 9.88 Å². The molecule has 2 heterocycles. The third-order valence-electron chi connectivity index (χ3n) is 3.75. The fourth-order valence-electron chi connectivity index (χ4n) is 2.63. The van der Waals surface area contributed by atoms with Crippen LogP contribution in [0.3, 0.4) is 0 Å². The minimum absolute atomic E-state index is 0.219. The Balaban J connectivity index is 1.86. The topological polar surface area (TPSA) is 42.1 Å². The molecular formula is C17H19N3S. The highest BCUT2D eigenvalue weighted by atomic mass is 32.1. The van der Waals surface area contributed by atoms with E-state index in [1.165, 1.54) is 10.4 Å². The van der Waals surface area contributed by atoms with E-state index in [2.05, 4.69) is 58.7 Å². The molecule has 4 heteroatoms. The van der Waals surface area contributed by atoms with Crippen molar-refractivity contribution < 1.29 is 0 Å². The Hall–Kier alpha value is -1.75. The number of aromatic nitrogens is 1. The molecule has 21 heavy (non-hydrogen) atoms. The normalized spacial score (nSPS) is 12.9. The average Bonchev–Trinajstić information content (AvgIpc) is 3.01. The molecule has 1 atom stereocenters. The van der Waals surface area contributed by atoms with E-state index < -0.39 is 0 Å². The number of likely N-dealkylation sites (N-methyl/N-ethyl adjacent to an activating group) is 1. The fourth-order valence-corrected chi connectivity index (χ4v) is 3.40. The summed E-state index contributed by atoms with van der Waals surface area (Å²) >= 11 is 1.78. The zero-order valence-electron chi connectivity index (χ0n) is 12.1. The van der Waals surface area contributed by atoms with Gasteiger partial charge in [0.25, 0.3) is 0 Å². The number of nitrogens with two attached hydrogens (primary N) is 1. The molecule has 0 spiro atoms. The molecule has 2 N–H and O–H groups in total. The van der Waals surface area contributed by atoms with Crippen molar-refractivity contribution in [3.8, 4) is 0 Å².